The average molecular weight is 164 g/mol. The third-order valence-corrected chi connectivity index (χ3v) is 1.42. The predicted molar refractivity (Wildman–Crippen MR) is 48.9 cm³/mol. The predicted octanol–water partition coefficient (Wildman–Crippen LogP) is 1.73. The van der Waals surface area contributed by atoms with Crippen LogP contribution < -0.4 is 10.5 Å². The first-order valence-electron chi connectivity index (χ1n) is 4.09. The highest BCUT2D eigenvalue weighted by Gasteiger charge is 1.97. The molecule has 0 fully saturated rings. The lowest BCUT2D eigenvalue weighted by Gasteiger charge is -2.09. The molecule has 2 nitrogen and oxygen atoms in total. The van der Waals surface area contributed by atoms with Crippen molar-refractivity contribution in [3.05, 3.63) is 29.8 Å². The second kappa shape index (κ2) is 4.12. The number of hydrogen-bond donors (Lipinski definition) is 1. The van der Waals surface area contributed by atoms with E-state index in [1.165, 1.54) is 0 Å². The molecule has 0 bridgehead atoms. The van der Waals surface area contributed by atoms with Crippen LogP contribution in [-0.4, -0.2) is 6.10 Å². The molecular weight excluding hydrogens is 150 g/mol. The summed E-state index contributed by atoms with van der Waals surface area (Å²) in [7, 11) is 0. The fourth-order valence-electron chi connectivity index (χ4n) is 0.956. The fraction of sp³-hybridized carbons (Fsp3) is 0.400. The first-order valence-corrected chi connectivity index (χ1v) is 4.09. The molecule has 0 spiro atoms. The summed E-state index contributed by atoms with van der Waals surface area (Å²) in [4.78, 5) is 0. The van der Waals surface area contributed by atoms with E-state index < -0.39 is 0 Å². The Morgan fingerprint density at radius 2 is 2.33 bits per heavy atom. The molecule has 0 aliphatic heterocycles. The molecule has 2 heteroatoms. The molecule has 0 aliphatic carbocycles. The highest BCUT2D eigenvalue weighted by molar-refractivity contribution is 5.27. The summed E-state index contributed by atoms with van der Waals surface area (Å²) in [6.45, 7) is 4.51. The van der Waals surface area contributed by atoms with Crippen LogP contribution >= 0.6 is 0 Å². The van der Waals surface area contributed by atoms with Gasteiger partial charge in [-0.3, -0.25) is 0 Å². The van der Waals surface area contributed by atoms with Crippen LogP contribution in [0.1, 0.15) is 19.4 Å². The molecule has 0 saturated heterocycles. The summed E-state index contributed by atoms with van der Waals surface area (Å²) >= 11 is 0. The third-order valence-electron chi connectivity index (χ3n) is 1.42. The Morgan fingerprint density at radius 3 is 2.92 bits per heavy atom. The van der Waals surface area contributed by atoms with Gasteiger partial charge in [0.25, 0.3) is 0 Å². The number of hydrogen-bond acceptors (Lipinski definition) is 2. The summed E-state index contributed by atoms with van der Waals surface area (Å²) in [5, 5.41) is 0. The van der Waals surface area contributed by atoms with Gasteiger partial charge in [0.1, 0.15) is 5.75 Å². The molecule has 0 heterocycles. The largest absolute Gasteiger partial charge is 0.491 e. The van der Waals surface area contributed by atoms with Crippen molar-refractivity contribution in [1.29, 1.82) is 0 Å². The Morgan fingerprint density at radius 1 is 1.58 bits per heavy atom. The maximum atomic E-state index is 5.48. The minimum Gasteiger partial charge on any atom is -0.491 e. The molecule has 1 rings (SSSR count). The smallest absolute Gasteiger partial charge is 0.120 e. The Bertz CT molecular complexity index is 245. The van der Waals surface area contributed by atoms with Gasteiger partial charge in [-0.2, -0.15) is 0 Å². The monoisotopic (exact) mass is 164 g/mol. The zero-order valence-corrected chi connectivity index (χ0v) is 7.50. The molecule has 2 N–H and O–H groups in total. The summed E-state index contributed by atoms with van der Waals surface area (Å²) in [6.07, 6.45) is 0.207. The van der Waals surface area contributed by atoms with Crippen LogP contribution in [0.2, 0.25) is 0 Å². The minimum atomic E-state index is 0.207. The summed E-state index contributed by atoms with van der Waals surface area (Å²) < 4.78 is 5.48. The maximum absolute atomic E-state index is 5.48. The zero-order chi connectivity index (χ0) is 8.97. The third kappa shape index (κ3) is 2.55. The SMILES string of the molecule is CC(C)Oc1cc[c]c(CN)c1. The number of ether oxygens (including phenoxy) is 1. The van der Waals surface area contributed by atoms with Crippen LogP contribution in [0.5, 0.6) is 5.75 Å². The van der Waals surface area contributed by atoms with E-state index in [0.29, 0.717) is 6.54 Å². The summed E-state index contributed by atoms with van der Waals surface area (Å²) in [5.41, 5.74) is 6.44. The van der Waals surface area contributed by atoms with Gasteiger partial charge in [0.2, 0.25) is 0 Å². The molecule has 0 unspecified atom stereocenters. The van der Waals surface area contributed by atoms with Gasteiger partial charge >= 0.3 is 0 Å². The average Bonchev–Trinajstić information content (AvgIpc) is 2.03. The van der Waals surface area contributed by atoms with Crippen molar-refractivity contribution < 1.29 is 4.74 Å². The van der Waals surface area contributed by atoms with Crippen molar-refractivity contribution >= 4 is 0 Å². The van der Waals surface area contributed by atoms with Crippen molar-refractivity contribution in [1.82, 2.24) is 0 Å². The van der Waals surface area contributed by atoms with E-state index in [0.717, 1.165) is 11.3 Å². The number of benzene rings is 1. The van der Waals surface area contributed by atoms with Crippen LogP contribution in [0.25, 0.3) is 0 Å². The maximum Gasteiger partial charge on any atom is 0.120 e. The molecule has 0 saturated carbocycles. The second-order valence-corrected chi connectivity index (χ2v) is 2.92. The van der Waals surface area contributed by atoms with Crippen LogP contribution in [0, 0.1) is 6.07 Å². The van der Waals surface area contributed by atoms with E-state index >= 15 is 0 Å². The van der Waals surface area contributed by atoms with Crippen molar-refractivity contribution in [3.63, 3.8) is 0 Å². The lowest BCUT2D eigenvalue weighted by molar-refractivity contribution is 0.242. The van der Waals surface area contributed by atoms with E-state index in [-0.39, 0.29) is 6.10 Å². The van der Waals surface area contributed by atoms with E-state index in [9.17, 15) is 0 Å². The van der Waals surface area contributed by atoms with Gasteiger partial charge in [0, 0.05) is 6.54 Å². The van der Waals surface area contributed by atoms with Crippen molar-refractivity contribution in [2.24, 2.45) is 5.73 Å². The Balaban J connectivity index is 2.72. The van der Waals surface area contributed by atoms with Gasteiger partial charge in [-0.15, -0.1) is 0 Å². The van der Waals surface area contributed by atoms with Crippen molar-refractivity contribution in [2.75, 3.05) is 0 Å². The Hall–Kier alpha value is -1.02. The van der Waals surface area contributed by atoms with Gasteiger partial charge in [-0.25, -0.2) is 0 Å². The highest BCUT2D eigenvalue weighted by atomic mass is 16.5. The lowest BCUT2D eigenvalue weighted by Crippen LogP contribution is -2.06. The molecule has 0 aromatic heterocycles. The van der Waals surface area contributed by atoms with Gasteiger partial charge in [0.15, 0.2) is 0 Å². The number of rotatable bonds is 3. The molecule has 1 aromatic rings. The quantitative estimate of drug-likeness (QED) is 0.738. The van der Waals surface area contributed by atoms with E-state index in [1.807, 2.05) is 32.0 Å². The van der Waals surface area contributed by atoms with Gasteiger partial charge < -0.3 is 10.5 Å². The standard InChI is InChI=1S/C10H14NO/c1-8(2)12-10-5-3-4-9(6-10)7-11/h3,5-6,8H,7,11H2,1-2H3. The van der Waals surface area contributed by atoms with Crippen LogP contribution in [0.4, 0.5) is 0 Å². The van der Waals surface area contributed by atoms with Crippen molar-refractivity contribution in [2.45, 2.75) is 26.5 Å². The van der Waals surface area contributed by atoms with Gasteiger partial charge in [-0.1, -0.05) is 6.07 Å². The van der Waals surface area contributed by atoms with Crippen molar-refractivity contribution in [3.8, 4) is 5.75 Å². The topological polar surface area (TPSA) is 35.2 Å². The molecule has 0 atom stereocenters. The summed E-state index contributed by atoms with van der Waals surface area (Å²) in [6, 6.07) is 8.66. The molecule has 0 amide bonds. The highest BCUT2D eigenvalue weighted by Crippen LogP contribution is 2.13. The first-order chi connectivity index (χ1) is 5.72. The van der Waals surface area contributed by atoms with Gasteiger partial charge in [-0.05, 0) is 37.6 Å². The Labute approximate surface area is 73.3 Å². The lowest BCUT2D eigenvalue weighted by atomic mass is 10.2. The number of nitrogens with two attached hydrogens (primary N) is 1. The van der Waals surface area contributed by atoms with E-state index in [2.05, 4.69) is 6.07 Å². The molecule has 12 heavy (non-hydrogen) atoms. The Kier molecular flexibility index (Phi) is 3.11. The van der Waals surface area contributed by atoms with Crippen LogP contribution in [0.15, 0.2) is 18.2 Å². The van der Waals surface area contributed by atoms with Crippen LogP contribution in [0.3, 0.4) is 0 Å². The van der Waals surface area contributed by atoms with E-state index in [4.69, 9.17) is 10.5 Å². The summed E-state index contributed by atoms with van der Waals surface area (Å²) in [5.74, 6) is 0.865. The molecular formula is C10H14NO. The fourth-order valence-corrected chi connectivity index (χ4v) is 0.956. The molecule has 1 aromatic carbocycles. The molecule has 1 radical (unpaired) electrons. The molecule has 65 valence electrons. The second-order valence-electron chi connectivity index (χ2n) is 2.92. The van der Waals surface area contributed by atoms with Crippen LogP contribution in [-0.2, 0) is 6.54 Å². The molecule has 0 aliphatic rings. The normalized spacial score (nSPS) is 10.3. The minimum absolute atomic E-state index is 0.207. The first kappa shape index (κ1) is 9.07. The van der Waals surface area contributed by atoms with E-state index in [1.54, 1.807) is 0 Å². The van der Waals surface area contributed by atoms with Gasteiger partial charge in [0.05, 0.1) is 6.10 Å². The zero-order valence-electron chi connectivity index (χ0n) is 7.50.